The van der Waals surface area contributed by atoms with Gasteiger partial charge in [-0.25, -0.2) is 19.2 Å². The number of aliphatic carboxylic acids is 1. The van der Waals surface area contributed by atoms with Crippen LogP contribution in [0.15, 0.2) is 345 Å². The van der Waals surface area contributed by atoms with E-state index < -0.39 is 11.9 Å². The van der Waals surface area contributed by atoms with E-state index in [1.54, 1.807) is 32.1 Å². The van der Waals surface area contributed by atoms with Crippen molar-refractivity contribution in [2.45, 2.75) is 104 Å². The highest BCUT2D eigenvalue weighted by atomic mass is 16.5. The van der Waals surface area contributed by atoms with E-state index in [0.717, 1.165) is 51.4 Å². The minimum atomic E-state index is -0.884. The van der Waals surface area contributed by atoms with Crippen molar-refractivity contribution in [2.75, 3.05) is 39.6 Å². The van der Waals surface area contributed by atoms with Crippen LogP contribution in [0.2, 0.25) is 0 Å². The second-order valence-corrected chi connectivity index (χ2v) is 33.1. The number of unbranched alkanes of at least 4 members (excludes halogenated alkanes) is 2. The van der Waals surface area contributed by atoms with Crippen molar-refractivity contribution in [3.05, 3.63) is 373 Å². The first-order chi connectivity index (χ1) is 64.1. The van der Waals surface area contributed by atoms with Crippen molar-refractivity contribution >= 4 is 186 Å². The van der Waals surface area contributed by atoms with Crippen molar-refractivity contribution in [3.63, 3.8) is 0 Å². The molecule has 0 fully saturated rings. The number of carbonyl (C=O) groups excluding carboxylic acids is 5. The number of allylic oxidation sites excluding steroid dienone is 6. The molecule has 19 rings (SSSR count). The zero-order valence-electron chi connectivity index (χ0n) is 74.3. The molecule has 0 atom stereocenters. The average Bonchev–Trinajstić information content (AvgIpc) is 0.752. The summed E-state index contributed by atoms with van der Waals surface area (Å²) < 4.78 is 20.3. The van der Waals surface area contributed by atoms with Crippen LogP contribution in [-0.2, 0) is 79.8 Å². The first-order valence-corrected chi connectivity index (χ1v) is 45.3. The van der Waals surface area contributed by atoms with E-state index in [4.69, 9.17) is 34.9 Å². The number of carboxylic acids is 1. The molecule has 19 aromatic carbocycles. The number of hydrogen-bond acceptors (Lipinski definition) is 12. The van der Waals surface area contributed by atoms with Crippen LogP contribution in [0.4, 0.5) is 0 Å². The molecule has 0 radical (unpaired) electrons. The van der Waals surface area contributed by atoms with Gasteiger partial charge >= 0.3 is 29.8 Å². The molecule has 19 aromatic rings. The van der Waals surface area contributed by atoms with Crippen LogP contribution in [0, 0.1) is 0 Å². The number of hydrogen-bond donors (Lipinski definition) is 3. The standard InChI is InChI=1S/C26H27NO2.C24H22O3.C23H22O4.C23H18O.C22H18O2/c27-17-4-1-5-18-29-24(28)10-3-2-7-19-11-12-22-14-13-20-8-6-9-21-15-16-23(19)26(22)25(20)21;1-16(24(26)27-15-3-14-25)6-7-17-8-9-20-11-10-18-4-2-5-19-12-13-21(17)23(20)22(18)19;24-22(25)9-5-13-27-23(26)10-4-1-6-17-11-12-20-15-18-7-2-3-8-19(18)16-21(20)14-17;1-16(24)7-6-10-19-14-20-13-17-8-2-3-9-18(17)15-23(20)22-12-5-4-11-21(19)22;1-2-24-20(23)8-4-5-15-9-10-18-12-11-16-6-3-7-17-13-14-19(15)22(18)21(16)17/h3,6,8-16H,1-2,4-5,7,17-18,27H2;2,4-6,8-13,25H,3,7,14-15H2,1H3;2-4,7-8,10-12,14-16H,1,5-6,9,13H2,(H,24,25);2-9,11-15H,10H2,1H3;3-4,6-14H,2,5H2,1H3/b10-3+;16-6+;10-4+;7-6+;8-4+. The number of rotatable bonds is 30. The third-order valence-corrected chi connectivity index (χ3v) is 24.1. The monoisotopic (exact) mass is 1730 g/mol. The Hall–Kier alpha value is -14.8. The van der Waals surface area contributed by atoms with Gasteiger partial charge < -0.3 is 34.9 Å². The topological polar surface area (TPSA) is 206 Å². The van der Waals surface area contributed by atoms with Gasteiger partial charge in [0.1, 0.15) is 0 Å². The van der Waals surface area contributed by atoms with Crippen molar-refractivity contribution in [1.29, 1.82) is 0 Å². The Bertz CT molecular complexity index is 7450. The number of carboxylic acid groups (broad SMARTS) is 1. The summed E-state index contributed by atoms with van der Waals surface area (Å²) in [6.07, 6.45) is 24.7. The molecular formula is C118H107NO12. The van der Waals surface area contributed by atoms with Crippen LogP contribution in [-0.4, -0.2) is 85.4 Å². The third kappa shape index (κ3) is 22.7. The summed E-state index contributed by atoms with van der Waals surface area (Å²) in [7, 11) is 0. The van der Waals surface area contributed by atoms with E-state index in [1.807, 2.05) is 43.4 Å². The lowest BCUT2D eigenvalue weighted by Crippen LogP contribution is -2.08. The molecule has 0 saturated carbocycles. The first kappa shape index (κ1) is 91.0. The SMILES string of the molecule is C/C(=C\Cc1ccc2ccc3cccc4ccc1c2c34)C(=O)OCCCO.CC(=O)/C=C/Cc1cc2cc3ccccc3cc2c2ccccc12.CCOC(=O)/C=C/Cc1ccc2ccc3cccc4ccc1c2c34.NCCCCCOC(=O)/C=C/CCc1ccc2ccc3cccc4ccc1c2c34.O=C(O)CCCOC(=O)/C=C/CCc1ccc2cc3ccccc3cc2c1. The van der Waals surface area contributed by atoms with E-state index in [-0.39, 0.29) is 49.9 Å². The quantitative estimate of drug-likeness (QED) is 0.00958. The normalized spacial score (nSPS) is 11.8. The maximum atomic E-state index is 12.0. The molecule has 0 bridgehead atoms. The Morgan fingerprint density at radius 3 is 1.27 bits per heavy atom. The molecular weight excluding hydrogens is 1620 g/mol. The number of nitrogens with two attached hydrogens (primary N) is 1. The molecule has 13 heteroatoms. The van der Waals surface area contributed by atoms with Crippen LogP contribution < -0.4 is 5.73 Å². The molecule has 656 valence electrons. The van der Waals surface area contributed by atoms with Gasteiger partial charge in [-0.3, -0.25) is 9.59 Å². The van der Waals surface area contributed by atoms with Crippen molar-refractivity contribution in [3.8, 4) is 0 Å². The molecule has 0 heterocycles. The molecule has 4 N–H and O–H groups in total. The number of aryl methyl sites for hydroxylation is 2. The summed E-state index contributed by atoms with van der Waals surface area (Å²) in [5.41, 5.74) is 12.3. The van der Waals surface area contributed by atoms with Gasteiger partial charge in [-0.1, -0.05) is 291 Å². The van der Waals surface area contributed by atoms with Crippen LogP contribution in [0.25, 0.3) is 151 Å². The molecule has 131 heavy (non-hydrogen) atoms. The fourth-order valence-electron chi connectivity index (χ4n) is 17.6. The Balaban J connectivity index is 0.000000126. The molecule has 0 amide bonds. The van der Waals surface area contributed by atoms with Crippen LogP contribution in [0.3, 0.4) is 0 Å². The molecule has 0 spiro atoms. The van der Waals surface area contributed by atoms with Crippen molar-refractivity contribution < 1.29 is 57.9 Å². The number of esters is 4. The summed E-state index contributed by atoms with van der Waals surface area (Å²) in [6.45, 7) is 7.15. The molecule has 0 aromatic heterocycles. The van der Waals surface area contributed by atoms with E-state index in [2.05, 4.69) is 273 Å². The Labute approximate surface area is 762 Å². The number of ketones is 1. The summed E-state index contributed by atoms with van der Waals surface area (Å²) in [4.78, 5) is 68.4. The number of ether oxygens (including phenoxy) is 4. The fraction of sp³-hybridized carbons (Fsp3) is 0.186. The maximum Gasteiger partial charge on any atom is 0.333 e. The predicted molar refractivity (Wildman–Crippen MR) is 541 cm³/mol. The Kier molecular flexibility index (Phi) is 30.8. The first-order valence-electron chi connectivity index (χ1n) is 45.3. The number of aliphatic hydroxyl groups is 1. The molecule has 0 aliphatic heterocycles. The van der Waals surface area contributed by atoms with Gasteiger partial charge in [-0.2, -0.15) is 0 Å². The number of fused-ring (bicyclic) bond motifs is 6. The van der Waals surface area contributed by atoms with E-state index in [0.29, 0.717) is 51.0 Å². The lowest BCUT2D eigenvalue weighted by atomic mass is 9.91. The minimum Gasteiger partial charge on any atom is -0.481 e. The molecule has 13 nitrogen and oxygen atoms in total. The third-order valence-electron chi connectivity index (χ3n) is 24.1. The van der Waals surface area contributed by atoms with Gasteiger partial charge in [0.15, 0.2) is 5.78 Å². The summed E-state index contributed by atoms with van der Waals surface area (Å²) in [5, 5.41) is 52.9. The van der Waals surface area contributed by atoms with Gasteiger partial charge in [-0.05, 0) is 307 Å². The highest BCUT2D eigenvalue weighted by molar-refractivity contribution is 6.26. The Morgan fingerprint density at radius 1 is 0.321 bits per heavy atom. The second-order valence-electron chi connectivity index (χ2n) is 33.1. The maximum absolute atomic E-state index is 12.0. The average molecular weight is 1730 g/mol. The number of benzene rings is 19. The highest BCUT2D eigenvalue weighted by Crippen LogP contribution is 2.41. The van der Waals surface area contributed by atoms with Crippen LogP contribution in [0.5, 0.6) is 0 Å². The summed E-state index contributed by atoms with van der Waals surface area (Å²) in [5.74, 6) is -2.08. The zero-order valence-corrected chi connectivity index (χ0v) is 74.3. The minimum absolute atomic E-state index is 0.00818. The second kappa shape index (κ2) is 44.3. The van der Waals surface area contributed by atoms with Gasteiger partial charge in [-0.15, -0.1) is 0 Å². The Morgan fingerprint density at radius 2 is 0.733 bits per heavy atom. The smallest absolute Gasteiger partial charge is 0.333 e. The van der Waals surface area contributed by atoms with Gasteiger partial charge in [0, 0.05) is 43.2 Å². The predicted octanol–water partition coefficient (Wildman–Crippen LogP) is 26.7. The zero-order chi connectivity index (χ0) is 91.0. The molecule has 0 unspecified atom stereocenters. The van der Waals surface area contributed by atoms with Crippen molar-refractivity contribution in [1.82, 2.24) is 0 Å². The molecule has 0 aliphatic rings. The molecule has 0 aliphatic carbocycles. The van der Waals surface area contributed by atoms with E-state index >= 15 is 0 Å². The lowest BCUT2D eigenvalue weighted by Gasteiger charge is -2.13. The number of carbonyl (C=O) groups is 6. The largest absolute Gasteiger partial charge is 0.481 e. The van der Waals surface area contributed by atoms with Gasteiger partial charge in [0.2, 0.25) is 0 Å². The van der Waals surface area contributed by atoms with E-state index in [9.17, 15) is 28.8 Å². The molecule has 0 saturated heterocycles. The summed E-state index contributed by atoms with van der Waals surface area (Å²) in [6, 6.07) is 102. The highest BCUT2D eigenvalue weighted by Gasteiger charge is 2.17. The number of aliphatic hydroxyl groups excluding tert-OH is 1. The van der Waals surface area contributed by atoms with Crippen LogP contribution >= 0.6 is 0 Å². The fourth-order valence-corrected chi connectivity index (χ4v) is 17.6. The van der Waals surface area contributed by atoms with Crippen molar-refractivity contribution in [2.24, 2.45) is 5.73 Å². The summed E-state index contributed by atoms with van der Waals surface area (Å²) >= 11 is 0. The van der Waals surface area contributed by atoms with Gasteiger partial charge in [0.25, 0.3) is 0 Å². The van der Waals surface area contributed by atoms with E-state index in [1.165, 1.54) is 191 Å². The lowest BCUT2D eigenvalue weighted by molar-refractivity contribution is -0.141. The van der Waals surface area contributed by atoms with Gasteiger partial charge in [0.05, 0.1) is 26.4 Å². The van der Waals surface area contributed by atoms with Crippen LogP contribution in [0.1, 0.15) is 100.0 Å².